The van der Waals surface area contributed by atoms with E-state index < -0.39 is 17.9 Å². The van der Waals surface area contributed by atoms with E-state index in [0.717, 1.165) is 18.2 Å². The standard InChI is InChI=1S/C7H3F4O/c8-5-1-3-6(4-2-5)12-7(9,10)11/h1-3H. The molecular weight excluding hydrogens is 176 g/mol. The molecule has 0 atom stereocenters. The molecule has 0 heterocycles. The molecule has 1 rings (SSSR count). The molecule has 0 saturated carbocycles. The Morgan fingerprint density at radius 2 is 1.92 bits per heavy atom. The minimum Gasteiger partial charge on any atom is -0.405 e. The predicted molar refractivity (Wildman–Crippen MR) is 31.9 cm³/mol. The van der Waals surface area contributed by atoms with Crippen LogP contribution in [-0.2, 0) is 0 Å². The molecule has 1 aromatic carbocycles. The van der Waals surface area contributed by atoms with Crippen molar-refractivity contribution in [2.45, 2.75) is 6.36 Å². The summed E-state index contributed by atoms with van der Waals surface area (Å²) in [5, 5.41) is 0. The van der Waals surface area contributed by atoms with Gasteiger partial charge in [-0.15, -0.1) is 13.2 Å². The smallest absolute Gasteiger partial charge is 0.405 e. The molecular formula is C7H3F4O. The van der Waals surface area contributed by atoms with Crippen molar-refractivity contribution in [1.29, 1.82) is 0 Å². The normalized spacial score (nSPS) is 11.3. The van der Waals surface area contributed by atoms with Gasteiger partial charge >= 0.3 is 6.36 Å². The van der Waals surface area contributed by atoms with Crippen molar-refractivity contribution in [2.24, 2.45) is 0 Å². The van der Waals surface area contributed by atoms with Crippen LogP contribution in [0, 0.1) is 11.9 Å². The van der Waals surface area contributed by atoms with Crippen LogP contribution in [0.1, 0.15) is 0 Å². The Hall–Kier alpha value is -1.26. The third-order valence-electron chi connectivity index (χ3n) is 0.972. The van der Waals surface area contributed by atoms with Gasteiger partial charge in [0.05, 0.1) is 0 Å². The van der Waals surface area contributed by atoms with E-state index in [-0.39, 0.29) is 0 Å². The molecule has 0 spiro atoms. The number of rotatable bonds is 1. The van der Waals surface area contributed by atoms with Crippen molar-refractivity contribution in [3.05, 3.63) is 30.1 Å². The van der Waals surface area contributed by atoms with Crippen molar-refractivity contribution >= 4 is 0 Å². The average molecular weight is 179 g/mol. The zero-order valence-corrected chi connectivity index (χ0v) is 5.65. The van der Waals surface area contributed by atoms with Crippen LogP contribution < -0.4 is 4.74 Å². The van der Waals surface area contributed by atoms with Gasteiger partial charge in [0, 0.05) is 6.07 Å². The summed E-state index contributed by atoms with van der Waals surface area (Å²) in [6.45, 7) is 0. The van der Waals surface area contributed by atoms with Gasteiger partial charge < -0.3 is 4.74 Å². The number of ether oxygens (including phenoxy) is 1. The minimum atomic E-state index is -4.76. The van der Waals surface area contributed by atoms with Crippen LogP contribution in [0.2, 0.25) is 0 Å². The van der Waals surface area contributed by atoms with E-state index in [9.17, 15) is 17.6 Å². The highest BCUT2D eigenvalue weighted by Crippen LogP contribution is 2.21. The molecule has 5 heteroatoms. The largest absolute Gasteiger partial charge is 0.573 e. The van der Waals surface area contributed by atoms with Crippen LogP contribution in [0.25, 0.3) is 0 Å². The Bertz CT molecular complexity index is 251. The Kier molecular flexibility index (Phi) is 2.21. The van der Waals surface area contributed by atoms with Gasteiger partial charge in [0.1, 0.15) is 11.6 Å². The van der Waals surface area contributed by atoms with Crippen molar-refractivity contribution in [1.82, 2.24) is 0 Å². The molecule has 0 aliphatic heterocycles. The first kappa shape index (κ1) is 8.83. The zero-order chi connectivity index (χ0) is 9.19. The van der Waals surface area contributed by atoms with E-state index in [0.29, 0.717) is 0 Å². The van der Waals surface area contributed by atoms with Crippen LogP contribution in [-0.4, -0.2) is 6.36 Å². The summed E-state index contributed by atoms with van der Waals surface area (Å²) < 4.78 is 50.1. The highest BCUT2D eigenvalue weighted by Gasteiger charge is 2.30. The second kappa shape index (κ2) is 3.00. The quantitative estimate of drug-likeness (QED) is 0.602. The Morgan fingerprint density at radius 3 is 2.33 bits per heavy atom. The Labute approximate surface area is 65.6 Å². The van der Waals surface area contributed by atoms with Crippen molar-refractivity contribution in [3.8, 4) is 5.75 Å². The molecule has 0 saturated heterocycles. The summed E-state index contributed by atoms with van der Waals surface area (Å²) in [6, 6.07) is 4.45. The maximum Gasteiger partial charge on any atom is 0.573 e. The molecule has 0 unspecified atom stereocenters. The first-order chi connectivity index (χ1) is 5.47. The van der Waals surface area contributed by atoms with Crippen LogP contribution >= 0.6 is 0 Å². The lowest BCUT2D eigenvalue weighted by atomic mass is 10.3. The van der Waals surface area contributed by atoms with Gasteiger partial charge in [0.15, 0.2) is 0 Å². The van der Waals surface area contributed by atoms with Gasteiger partial charge in [0.25, 0.3) is 0 Å². The Morgan fingerprint density at radius 1 is 1.25 bits per heavy atom. The molecule has 0 fully saturated rings. The van der Waals surface area contributed by atoms with E-state index >= 15 is 0 Å². The maximum atomic E-state index is 12.2. The molecule has 0 aromatic heterocycles. The topological polar surface area (TPSA) is 9.23 Å². The number of halogens is 4. The van der Waals surface area contributed by atoms with E-state index in [1.807, 2.05) is 6.07 Å². The first-order valence-electron chi connectivity index (χ1n) is 2.90. The Balaban J connectivity index is 2.71. The number of hydrogen-bond donors (Lipinski definition) is 0. The zero-order valence-electron chi connectivity index (χ0n) is 5.65. The monoisotopic (exact) mass is 179 g/mol. The van der Waals surface area contributed by atoms with Gasteiger partial charge in [-0.3, -0.25) is 0 Å². The number of hydrogen-bond acceptors (Lipinski definition) is 1. The van der Waals surface area contributed by atoms with Crippen molar-refractivity contribution < 1.29 is 22.3 Å². The summed E-state index contributed by atoms with van der Waals surface area (Å²) in [4.78, 5) is 0. The van der Waals surface area contributed by atoms with Crippen LogP contribution in [0.4, 0.5) is 17.6 Å². The van der Waals surface area contributed by atoms with Gasteiger partial charge in [0.2, 0.25) is 0 Å². The van der Waals surface area contributed by atoms with E-state index in [1.165, 1.54) is 0 Å². The van der Waals surface area contributed by atoms with Gasteiger partial charge in [-0.2, -0.15) is 0 Å². The summed E-state index contributed by atoms with van der Waals surface area (Å²) in [5.41, 5.74) is 0. The number of alkyl halides is 3. The summed E-state index contributed by atoms with van der Waals surface area (Å²) >= 11 is 0. The lowest BCUT2D eigenvalue weighted by molar-refractivity contribution is -0.274. The van der Waals surface area contributed by atoms with E-state index in [4.69, 9.17) is 0 Å². The molecule has 1 aromatic rings. The molecule has 1 nitrogen and oxygen atoms in total. The second-order valence-electron chi connectivity index (χ2n) is 1.92. The van der Waals surface area contributed by atoms with Crippen molar-refractivity contribution in [2.75, 3.05) is 0 Å². The average Bonchev–Trinajstić information content (AvgIpc) is 1.91. The van der Waals surface area contributed by atoms with Crippen molar-refractivity contribution in [3.63, 3.8) is 0 Å². The molecule has 0 amide bonds. The lowest BCUT2D eigenvalue weighted by Gasteiger charge is -2.07. The summed E-state index contributed by atoms with van der Waals surface area (Å²) in [5.74, 6) is -1.21. The molecule has 65 valence electrons. The van der Waals surface area contributed by atoms with Gasteiger partial charge in [-0.1, -0.05) is 0 Å². The van der Waals surface area contributed by atoms with Gasteiger partial charge in [-0.05, 0) is 18.2 Å². The maximum absolute atomic E-state index is 12.2. The first-order valence-corrected chi connectivity index (χ1v) is 2.90. The summed E-state index contributed by atoms with van der Waals surface area (Å²) in [6.07, 6.45) is -4.76. The second-order valence-corrected chi connectivity index (χ2v) is 1.92. The van der Waals surface area contributed by atoms with E-state index in [2.05, 4.69) is 4.74 Å². The fourth-order valence-corrected chi connectivity index (χ4v) is 0.580. The van der Waals surface area contributed by atoms with Crippen LogP contribution in [0.5, 0.6) is 5.75 Å². The van der Waals surface area contributed by atoms with Crippen LogP contribution in [0.15, 0.2) is 18.2 Å². The molecule has 0 N–H and O–H groups in total. The lowest BCUT2D eigenvalue weighted by Crippen LogP contribution is -2.17. The van der Waals surface area contributed by atoms with Gasteiger partial charge in [-0.25, -0.2) is 4.39 Å². The fraction of sp³-hybridized carbons (Fsp3) is 0.143. The number of benzene rings is 1. The molecule has 0 aliphatic rings. The molecule has 12 heavy (non-hydrogen) atoms. The van der Waals surface area contributed by atoms with Crippen LogP contribution in [0.3, 0.4) is 0 Å². The SMILES string of the molecule is Fc1c[c]c(OC(F)(F)F)cc1. The third-order valence-corrected chi connectivity index (χ3v) is 0.972. The molecule has 1 radical (unpaired) electrons. The minimum absolute atomic E-state index is 0.552. The fourth-order valence-electron chi connectivity index (χ4n) is 0.580. The highest BCUT2D eigenvalue weighted by atomic mass is 19.4. The predicted octanol–water partition coefficient (Wildman–Crippen LogP) is 2.52. The highest BCUT2D eigenvalue weighted by molar-refractivity contribution is 5.20. The summed E-state index contributed by atoms with van der Waals surface area (Å²) in [7, 11) is 0. The van der Waals surface area contributed by atoms with E-state index in [1.54, 1.807) is 0 Å². The third kappa shape index (κ3) is 2.77. The molecule has 0 bridgehead atoms. The molecule has 0 aliphatic carbocycles.